The molecule has 0 saturated carbocycles. The Morgan fingerprint density at radius 3 is 2.67 bits per heavy atom. The van der Waals surface area contributed by atoms with E-state index in [1.165, 1.54) is 0 Å². The van der Waals surface area contributed by atoms with Crippen molar-refractivity contribution < 1.29 is 17.9 Å². The number of ether oxygens (including phenoxy) is 1. The maximum atomic E-state index is 11.2. The molecule has 7 heteroatoms. The van der Waals surface area contributed by atoms with Gasteiger partial charge in [0.15, 0.2) is 9.84 Å². The van der Waals surface area contributed by atoms with Crippen LogP contribution in [0.15, 0.2) is 0 Å². The molecule has 1 aliphatic heterocycles. The summed E-state index contributed by atoms with van der Waals surface area (Å²) >= 11 is 0. The van der Waals surface area contributed by atoms with Crippen molar-refractivity contribution in [2.45, 2.75) is 25.4 Å². The standard InChI is InChI=1S/C11H22N2O4S/c1-18(15,16)9-11(14)13-5-2-8-17-10-3-6-12-7-4-10/h10,12H,2-9H2,1H3,(H,13,14). The Balaban J connectivity index is 1.99. The summed E-state index contributed by atoms with van der Waals surface area (Å²) in [6.45, 7) is 3.05. The van der Waals surface area contributed by atoms with Crippen LogP contribution in [0.3, 0.4) is 0 Å². The maximum absolute atomic E-state index is 11.2. The molecule has 2 N–H and O–H groups in total. The molecule has 0 atom stereocenters. The summed E-state index contributed by atoms with van der Waals surface area (Å²) in [5, 5.41) is 5.83. The molecule has 1 fully saturated rings. The van der Waals surface area contributed by atoms with Crippen LogP contribution in [0.5, 0.6) is 0 Å². The van der Waals surface area contributed by atoms with Crippen LogP contribution in [0.4, 0.5) is 0 Å². The molecule has 1 amide bonds. The lowest BCUT2D eigenvalue weighted by Gasteiger charge is -2.22. The monoisotopic (exact) mass is 278 g/mol. The summed E-state index contributed by atoms with van der Waals surface area (Å²) in [7, 11) is -3.23. The third-order valence-electron chi connectivity index (χ3n) is 2.68. The topological polar surface area (TPSA) is 84.5 Å². The molecule has 0 aromatic carbocycles. The third kappa shape index (κ3) is 7.62. The lowest BCUT2D eigenvalue weighted by Crippen LogP contribution is -2.33. The minimum absolute atomic E-state index is 0.318. The second-order valence-electron chi connectivity index (χ2n) is 4.59. The van der Waals surface area contributed by atoms with Gasteiger partial charge in [0.2, 0.25) is 5.91 Å². The van der Waals surface area contributed by atoms with E-state index in [0.717, 1.165) is 32.2 Å². The van der Waals surface area contributed by atoms with Gasteiger partial charge in [0.1, 0.15) is 5.75 Å². The zero-order valence-electron chi connectivity index (χ0n) is 10.8. The van der Waals surface area contributed by atoms with Gasteiger partial charge in [-0.15, -0.1) is 0 Å². The summed E-state index contributed by atoms with van der Waals surface area (Å²) < 4.78 is 27.3. The number of hydrogen-bond acceptors (Lipinski definition) is 5. The van der Waals surface area contributed by atoms with E-state index in [1.54, 1.807) is 0 Å². The summed E-state index contributed by atoms with van der Waals surface area (Å²) in [6, 6.07) is 0. The first-order chi connectivity index (χ1) is 8.47. The molecule has 0 radical (unpaired) electrons. The Hall–Kier alpha value is -0.660. The Morgan fingerprint density at radius 2 is 2.06 bits per heavy atom. The SMILES string of the molecule is CS(=O)(=O)CC(=O)NCCCOC1CCNCC1. The number of hydrogen-bond donors (Lipinski definition) is 2. The van der Waals surface area contributed by atoms with E-state index in [0.29, 0.717) is 25.7 Å². The molecule has 0 aliphatic carbocycles. The largest absolute Gasteiger partial charge is 0.378 e. The lowest BCUT2D eigenvalue weighted by atomic mass is 10.1. The van der Waals surface area contributed by atoms with E-state index in [4.69, 9.17) is 4.74 Å². The molecule has 1 heterocycles. The average Bonchev–Trinajstić information content (AvgIpc) is 2.27. The second kappa shape index (κ2) is 7.70. The van der Waals surface area contributed by atoms with Gasteiger partial charge in [-0.05, 0) is 32.4 Å². The number of amides is 1. The van der Waals surface area contributed by atoms with Crippen LogP contribution in [0, 0.1) is 0 Å². The molecule has 0 aromatic heterocycles. The fourth-order valence-electron chi connectivity index (χ4n) is 1.80. The number of nitrogens with one attached hydrogen (secondary N) is 2. The van der Waals surface area contributed by atoms with Gasteiger partial charge in [-0.2, -0.15) is 0 Å². The summed E-state index contributed by atoms with van der Waals surface area (Å²) in [5.41, 5.74) is 0. The van der Waals surface area contributed by atoms with Crippen LogP contribution in [0.25, 0.3) is 0 Å². The molecule has 0 spiro atoms. The van der Waals surface area contributed by atoms with Gasteiger partial charge in [0, 0.05) is 19.4 Å². The van der Waals surface area contributed by atoms with E-state index < -0.39 is 21.5 Å². The molecule has 1 aliphatic rings. The maximum Gasteiger partial charge on any atom is 0.235 e. The van der Waals surface area contributed by atoms with E-state index in [2.05, 4.69) is 10.6 Å². The van der Waals surface area contributed by atoms with E-state index in [1.807, 2.05) is 0 Å². The fraction of sp³-hybridized carbons (Fsp3) is 0.909. The van der Waals surface area contributed by atoms with Crippen molar-refractivity contribution in [1.82, 2.24) is 10.6 Å². The van der Waals surface area contributed by atoms with Crippen molar-refractivity contribution in [3.05, 3.63) is 0 Å². The van der Waals surface area contributed by atoms with Gasteiger partial charge in [-0.3, -0.25) is 4.79 Å². The van der Waals surface area contributed by atoms with Crippen LogP contribution in [-0.4, -0.2) is 58.7 Å². The van der Waals surface area contributed by atoms with Gasteiger partial charge in [0.05, 0.1) is 6.10 Å². The summed E-state index contributed by atoms with van der Waals surface area (Å²) in [5.74, 6) is -0.887. The number of carbonyl (C=O) groups is 1. The molecular formula is C11H22N2O4S. The smallest absolute Gasteiger partial charge is 0.235 e. The molecule has 106 valence electrons. The Bertz CT molecular complexity index is 350. The second-order valence-corrected chi connectivity index (χ2v) is 6.73. The highest BCUT2D eigenvalue weighted by Gasteiger charge is 2.13. The van der Waals surface area contributed by atoms with Crippen LogP contribution < -0.4 is 10.6 Å². The molecule has 18 heavy (non-hydrogen) atoms. The van der Waals surface area contributed by atoms with Crippen molar-refractivity contribution in [3.8, 4) is 0 Å². The van der Waals surface area contributed by atoms with Crippen LogP contribution >= 0.6 is 0 Å². The molecule has 1 rings (SSSR count). The van der Waals surface area contributed by atoms with Crippen molar-refractivity contribution >= 4 is 15.7 Å². The Labute approximate surface area is 108 Å². The van der Waals surface area contributed by atoms with E-state index in [-0.39, 0.29) is 0 Å². The minimum Gasteiger partial charge on any atom is -0.378 e. The van der Waals surface area contributed by atoms with Crippen molar-refractivity contribution in [2.24, 2.45) is 0 Å². The average molecular weight is 278 g/mol. The minimum atomic E-state index is -3.23. The third-order valence-corrected chi connectivity index (χ3v) is 3.46. The van der Waals surface area contributed by atoms with Crippen molar-refractivity contribution in [3.63, 3.8) is 0 Å². The normalized spacial score (nSPS) is 17.6. The Morgan fingerprint density at radius 1 is 1.39 bits per heavy atom. The zero-order chi connectivity index (χ0) is 13.4. The van der Waals surface area contributed by atoms with Crippen LogP contribution in [0.2, 0.25) is 0 Å². The number of carbonyl (C=O) groups excluding carboxylic acids is 1. The first-order valence-corrected chi connectivity index (χ1v) is 8.30. The van der Waals surface area contributed by atoms with Gasteiger partial charge in [-0.25, -0.2) is 8.42 Å². The molecular weight excluding hydrogens is 256 g/mol. The molecule has 0 aromatic rings. The number of rotatable bonds is 7. The van der Waals surface area contributed by atoms with Crippen molar-refractivity contribution in [1.29, 1.82) is 0 Å². The molecule has 0 bridgehead atoms. The predicted molar refractivity (Wildman–Crippen MR) is 69.2 cm³/mol. The van der Waals surface area contributed by atoms with Crippen LogP contribution in [0.1, 0.15) is 19.3 Å². The lowest BCUT2D eigenvalue weighted by molar-refractivity contribution is -0.118. The van der Waals surface area contributed by atoms with Crippen molar-refractivity contribution in [2.75, 3.05) is 38.2 Å². The fourth-order valence-corrected chi connectivity index (χ4v) is 2.38. The quantitative estimate of drug-likeness (QED) is 0.602. The molecule has 1 saturated heterocycles. The van der Waals surface area contributed by atoms with E-state index >= 15 is 0 Å². The molecule has 0 unspecified atom stereocenters. The summed E-state index contributed by atoms with van der Waals surface area (Å²) in [4.78, 5) is 11.2. The number of sulfone groups is 1. The number of piperidine rings is 1. The highest BCUT2D eigenvalue weighted by molar-refractivity contribution is 7.91. The summed E-state index contributed by atoms with van der Waals surface area (Å²) in [6.07, 6.45) is 4.13. The van der Waals surface area contributed by atoms with Gasteiger partial charge < -0.3 is 15.4 Å². The zero-order valence-corrected chi connectivity index (χ0v) is 11.6. The Kier molecular flexibility index (Phi) is 6.59. The van der Waals surface area contributed by atoms with E-state index in [9.17, 15) is 13.2 Å². The molecule has 6 nitrogen and oxygen atoms in total. The van der Waals surface area contributed by atoms with Gasteiger partial charge in [-0.1, -0.05) is 0 Å². The predicted octanol–water partition coefficient (Wildman–Crippen LogP) is -0.694. The highest BCUT2D eigenvalue weighted by Crippen LogP contribution is 2.06. The van der Waals surface area contributed by atoms with Gasteiger partial charge >= 0.3 is 0 Å². The first-order valence-electron chi connectivity index (χ1n) is 6.24. The van der Waals surface area contributed by atoms with Gasteiger partial charge in [0.25, 0.3) is 0 Å². The first kappa shape index (κ1) is 15.4. The highest BCUT2D eigenvalue weighted by atomic mass is 32.2. The van der Waals surface area contributed by atoms with Crippen LogP contribution in [-0.2, 0) is 19.4 Å².